The van der Waals surface area contributed by atoms with Crippen LogP contribution in [0.15, 0.2) is 43.0 Å². The van der Waals surface area contributed by atoms with Crippen molar-refractivity contribution in [1.82, 2.24) is 29.9 Å². The number of likely N-dealkylation sites (tertiary alicyclic amines) is 1. The Morgan fingerprint density at radius 3 is 2.64 bits per heavy atom. The summed E-state index contributed by atoms with van der Waals surface area (Å²) in [4.78, 5) is 23.3. The molecular formula is C18H16F2N6O2. The van der Waals surface area contributed by atoms with Crippen LogP contribution in [0.25, 0.3) is 5.69 Å². The topological polar surface area (TPSA) is 86.0 Å². The Balaban J connectivity index is 1.54. The molecule has 8 nitrogen and oxygen atoms in total. The minimum atomic E-state index is -0.648. The van der Waals surface area contributed by atoms with Crippen molar-refractivity contribution in [2.45, 2.75) is 18.9 Å². The van der Waals surface area contributed by atoms with Crippen molar-refractivity contribution in [3.63, 3.8) is 0 Å². The maximum absolute atomic E-state index is 14.5. The number of piperidine rings is 1. The van der Waals surface area contributed by atoms with Crippen molar-refractivity contribution >= 4 is 5.91 Å². The van der Waals surface area contributed by atoms with Gasteiger partial charge in [-0.15, -0.1) is 0 Å². The molecule has 1 atom stereocenters. The fourth-order valence-corrected chi connectivity index (χ4v) is 3.12. The molecule has 1 aliphatic heterocycles. The molecular weight excluding hydrogens is 370 g/mol. The zero-order valence-electron chi connectivity index (χ0n) is 14.7. The van der Waals surface area contributed by atoms with Gasteiger partial charge in [-0.1, -0.05) is 6.07 Å². The van der Waals surface area contributed by atoms with Crippen LogP contribution in [0.1, 0.15) is 23.2 Å². The highest BCUT2D eigenvalue weighted by atomic mass is 19.1. The summed E-state index contributed by atoms with van der Waals surface area (Å²) in [6.07, 6.45) is 5.89. The van der Waals surface area contributed by atoms with E-state index in [0.717, 1.165) is 12.4 Å². The van der Waals surface area contributed by atoms with Gasteiger partial charge in [-0.3, -0.25) is 4.79 Å². The Hall–Kier alpha value is -3.43. The van der Waals surface area contributed by atoms with E-state index in [2.05, 4.69) is 20.2 Å². The number of rotatable bonds is 4. The van der Waals surface area contributed by atoms with Gasteiger partial charge in [0.2, 0.25) is 0 Å². The van der Waals surface area contributed by atoms with Crippen LogP contribution in [0.4, 0.5) is 8.78 Å². The number of nitrogens with zero attached hydrogens (tertiary/aromatic N) is 6. The fourth-order valence-electron chi connectivity index (χ4n) is 3.12. The second-order valence-corrected chi connectivity index (χ2v) is 6.27. The quantitative estimate of drug-likeness (QED) is 0.682. The maximum atomic E-state index is 14.5. The number of ether oxygens (including phenoxy) is 1. The van der Waals surface area contributed by atoms with E-state index >= 15 is 0 Å². The standard InChI is InChI=1S/C18H16F2N6O2/c19-12-9-21-18(22-10-12)28-13-3-2-8-25(11-13)17(27)16-14(20)4-1-5-15(16)26-23-6-7-24-26/h1,4-7,9-10,13H,2-3,8,11H2. The molecule has 1 aliphatic rings. The number of benzene rings is 1. The number of hydrogen-bond acceptors (Lipinski definition) is 6. The number of hydrogen-bond donors (Lipinski definition) is 0. The Bertz CT molecular complexity index is 965. The normalized spacial score (nSPS) is 16.8. The van der Waals surface area contributed by atoms with E-state index in [4.69, 9.17) is 4.74 Å². The van der Waals surface area contributed by atoms with Crippen molar-refractivity contribution in [3.8, 4) is 11.7 Å². The molecule has 2 aromatic heterocycles. The molecule has 0 radical (unpaired) electrons. The molecule has 144 valence electrons. The molecule has 3 aromatic rings. The molecule has 1 unspecified atom stereocenters. The van der Waals surface area contributed by atoms with Gasteiger partial charge in [0.1, 0.15) is 23.2 Å². The van der Waals surface area contributed by atoms with Crippen LogP contribution in [0.3, 0.4) is 0 Å². The number of carbonyl (C=O) groups is 1. The van der Waals surface area contributed by atoms with Gasteiger partial charge in [0.15, 0.2) is 5.82 Å². The zero-order chi connectivity index (χ0) is 19.5. The first-order valence-corrected chi connectivity index (χ1v) is 8.70. The van der Waals surface area contributed by atoms with Gasteiger partial charge >= 0.3 is 6.01 Å². The molecule has 0 spiro atoms. The van der Waals surface area contributed by atoms with Crippen LogP contribution in [-0.4, -0.2) is 55.0 Å². The Morgan fingerprint density at radius 1 is 1.14 bits per heavy atom. The van der Waals surface area contributed by atoms with Gasteiger partial charge < -0.3 is 9.64 Å². The Morgan fingerprint density at radius 2 is 1.89 bits per heavy atom. The molecule has 3 heterocycles. The van der Waals surface area contributed by atoms with E-state index in [0.29, 0.717) is 19.4 Å². The van der Waals surface area contributed by atoms with Crippen LogP contribution in [0.5, 0.6) is 6.01 Å². The van der Waals surface area contributed by atoms with E-state index in [1.165, 1.54) is 34.2 Å². The highest BCUT2D eigenvalue weighted by Crippen LogP contribution is 2.22. The summed E-state index contributed by atoms with van der Waals surface area (Å²) in [6, 6.07) is 4.34. The van der Waals surface area contributed by atoms with Crippen LogP contribution in [-0.2, 0) is 0 Å². The van der Waals surface area contributed by atoms with E-state index in [-0.39, 0.29) is 29.9 Å². The minimum absolute atomic E-state index is 0.0352. The maximum Gasteiger partial charge on any atom is 0.316 e. The predicted molar refractivity (Wildman–Crippen MR) is 92.9 cm³/mol. The third-order valence-corrected chi connectivity index (χ3v) is 4.37. The van der Waals surface area contributed by atoms with Crippen molar-refractivity contribution in [1.29, 1.82) is 0 Å². The van der Waals surface area contributed by atoms with Crippen LogP contribution in [0.2, 0.25) is 0 Å². The van der Waals surface area contributed by atoms with Crippen molar-refractivity contribution in [2.75, 3.05) is 13.1 Å². The van der Waals surface area contributed by atoms with Gasteiger partial charge in [0.05, 0.1) is 31.3 Å². The second kappa shape index (κ2) is 7.67. The molecule has 1 saturated heterocycles. The van der Waals surface area contributed by atoms with E-state index in [9.17, 15) is 13.6 Å². The second-order valence-electron chi connectivity index (χ2n) is 6.27. The summed E-state index contributed by atoms with van der Waals surface area (Å²) in [7, 11) is 0. The first-order valence-electron chi connectivity index (χ1n) is 8.70. The molecule has 10 heteroatoms. The van der Waals surface area contributed by atoms with Crippen LogP contribution < -0.4 is 4.74 Å². The summed E-state index contributed by atoms with van der Waals surface area (Å²) in [5.74, 6) is -1.68. The monoisotopic (exact) mass is 386 g/mol. The molecule has 28 heavy (non-hydrogen) atoms. The highest BCUT2D eigenvalue weighted by Gasteiger charge is 2.30. The Labute approximate surface area is 158 Å². The molecule has 0 aliphatic carbocycles. The predicted octanol–water partition coefficient (Wildman–Crippen LogP) is 2.02. The lowest BCUT2D eigenvalue weighted by Crippen LogP contribution is -2.45. The molecule has 1 fully saturated rings. The van der Waals surface area contributed by atoms with Crippen molar-refractivity contribution in [2.24, 2.45) is 0 Å². The average molecular weight is 386 g/mol. The molecule has 1 aromatic carbocycles. The third kappa shape index (κ3) is 3.66. The van der Waals surface area contributed by atoms with Gasteiger partial charge in [-0.2, -0.15) is 15.0 Å². The summed E-state index contributed by atoms with van der Waals surface area (Å²) >= 11 is 0. The summed E-state index contributed by atoms with van der Waals surface area (Å²) in [5.41, 5.74) is 0.164. The first-order chi connectivity index (χ1) is 13.6. The number of carbonyl (C=O) groups excluding carboxylic acids is 1. The average Bonchev–Trinajstić information content (AvgIpc) is 3.24. The molecule has 1 amide bonds. The SMILES string of the molecule is O=C(c1c(F)cccc1-n1nccn1)N1CCCC(Oc2ncc(F)cn2)C1. The summed E-state index contributed by atoms with van der Waals surface area (Å²) < 4.78 is 33.1. The number of amides is 1. The van der Waals surface area contributed by atoms with E-state index < -0.39 is 17.5 Å². The lowest BCUT2D eigenvalue weighted by atomic mass is 10.1. The van der Waals surface area contributed by atoms with Crippen molar-refractivity contribution in [3.05, 3.63) is 60.2 Å². The minimum Gasteiger partial charge on any atom is -0.458 e. The number of aromatic nitrogens is 5. The van der Waals surface area contributed by atoms with Gasteiger partial charge in [-0.25, -0.2) is 18.7 Å². The van der Waals surface area contributed by atoms with E-state index in [1.807, 2.05) is 0 Å². The van der Waals surface area contributed by atoms with E-state index in [1.54, 1.807) is 6.07 Å². The summed E-state index contributed by atoms with van der Waals surface area (Å²) in [6.45, 7) is 0.698. The summed E-state index contributed by atoms with van der Waals surface area (Å²) in [5, 5.41) is 7.98. The fraction of sp³-hybridized carbons (Fsp3) is 0.278. The highest BCUT2D eigenvalue weighted by molar-refractivity contribution is 5.98. The molecule has 0 saturated carbocycles. The smallest absolute Gasteiger partial charge is 0.316 e. The third-order valence-electron chi connectivity index (χ3n) is 4.37. The lowest BCUT2D eigenvalue weighted by molar-refractivity contribution is 0.0511. The molecule has 0 bridgehead atoms. The zero-order valence-corrected chi connectivity index (χ0v) is 14.7. The first kappa shape index (κ1) is 18.0. The van der Waals surface area contributed by atoms with Gasteiger partial charge in [-0.05, 0) is 25.0 Å². The Kier molecular flexibility index (Phi) is 4.92. The number of halogens is 2. The van der Waals surface area contributed by atoms with Gasteiger partial charge in [0, 0.05) is 6.54 Å². The largest absolute Gasteiger partial charge is 0.458 e. The van der Waals surface area contributed by atoms with Gasteiger partial charge in [0.25, 0.3) is 5.91 Å². The van der Waals surface area contributed by atoms with Crippen LogP contribution >= 0.6 is 0 Å². The van der Waals surface area contributed by atoms with Crippen molar-refractivity contribution < 1.29 is 18.3 Å². The van der Waals surface area contributed by atoms with Crippen LogP contribution in [0, 0.1) is 11.6 Å². The molecule has 0 N–H and O–H groups in total. The lowest BCUT2D eigenvalue weighted by Gasteiger charge is -2.32. The molecule has 4 rings (SSSR count).